The molecular weight excluding hydrogens is 423 g/mol. The Labute approximate surface area is 183 Å². The van der Waals surface area contributed by atoms with Crippen LogP contribution in [-0.4, -0.2) is 60.5 Å². The van der Waals surface area contributed by atoms with Crippen molar-refractivity contribution in [2.75, 3.05) is 38.1 Å². The summed E-state index contributed by atoms with van der Waals surface area (Å²) in [4.78, 5) is 29.0. The van der Waals surface area contributed by atoms with Crippen molar-refractivity contribution in [1.29, 1.82) is 0 Å². The number of hydrogen-bond donors (Lipinski definition) is 1. The van der Waals surface area contributed by atoms with Crippen molar-refractivity contribution in [3.8, 4) is 0 Å². The highest BCUT2D eigenvalue weighted by atomic mass is 19.4. The van der Waals surface area contributed by atoms with Crippen molar-refractivity contribution in [2.24, 2.45) is 0 Å². The molecule has 1 atom stereocenters. The molecule has 2 saturated heterocycles. The van der Waals surface area contributed by atoms with Gasteiger partial charge in [0.15, 0.2) is 0 Å². The van der Waals surface area contributed by atoms with Crippen molar-refractivity contribution in [3.05, 3.63) is 59.7 Å². The number of para-hydroxylation sites is 1. The second-order valence-corrected chi connectivity index (χ2v) is 7.87. The van der Waals surface area contributed by atoms with Crippen LogP contribution in [0.4, 0.5) is 24.5 Å². The Morgan fingerprint density at radius 1 is 0.969 bits per heavy atom. The number of carbonyl (C=O) groups is 2. The Balaban J connectivity index is 1.44. The number of halogens is 3. The SMILES string of the molecule is O=C(c1ccccc1Nc1cccc(C(F)(F)F)c1)N1CCN(C(=O)C2CCCO2)CC1. The minimum Gasteiger partial charge on any atom is -0.368 e. The molecule has 1 unspecified atom stereocenters. The largest absolute Gasteiger partial charge is 0.416 e. The van der Waals surface area contributed by atoms with E-state index in [1.54, 1.807) is 34.1 Å². The second kappa shape index (κ2) is 9.20. The number of hydrogen-bond acceptors (Lipinski definition) is 4. The molecule has 2 heterocycles. The normalized spacial score (nSPS) is 19.2. The lowest BCUT2D eigenvalue weighted by Gasteiger charge is -2.36. The number of piperazine rings is 1. The predicted molar refractivity (Wildman–Crippen MR) is 113 cm³/mol. The summed E-state index contributed by atoms with van der Waals surface area (Å²) in [5.41, 5.74) is 0.267. The van der Waals surface area contributed by atoms with Crippen molar-refractivity contribution >= 4 is 23.2 Å². The van der Waals surface area contributed by atoms with Crippen LogP contribution in [0.15, 0.2) is 48.5 Å². The van der Waals surface area contributed by atoms with E-state index in [0.717, 1.165) is 25.0 Å². The molecule has 0 spiro atoms. The Hall–Kier alpha value is -3.07. The molecule has 32 heavy (non-hydrogen) atoms. The van der Waals surface area contributed by atoms with Gasteiger partial charge in [0.2, 0.25) is 0 Å². The summed E-state index contributed by atoms with van der Waals surface area (Å²) in [6, 6.07) is 11.6. The highest BCUT2D eigenvalue weighted by Gasteiger charge is 2.32. The van der Waals surface area contributed by atoms with E-state index in [0.29, 0.717) is 44.0 Å². The molecule has 0 aromatic heterocycles. The molecule has 9 heteroatoms. The number of nitrogens with zero attached hydrogens (tertiary/aromatic N) is 2. The first-order valence-corrected chi connectivity index (χ1v) is 10.6. The average Bonchev–Trinajstić information content (AvgIpc) is 3.33. The maximum atomic E-state index is 13.1. The zero-order valence-electron chi connectivity index (χ0n) is 17.4. The standard InChI is InChI=1S/C23H24F3N3O3/c24-23(25,26)16-5-3-6-17(15-16)27-19-8-2-1-7-18(19)21(30)28-10-12-29(13-11-28)22(31)20-9-4-14-32-20/h1-3,5-8,15,20,27H,4,9-14H2. The fraction of sp³-hybridized carbons (Fsp3) is 0.391. The summed E-state index contributed by atoms with van der Waals surface area (Å²) in [6.45, 7) is 2.22. The molecule has 2 aromatic carbocycles. The van der Waals surface area contributed by atoms with Crippen molar-refractivity contribution in [1.82, 2.24) is 9.80 Å². The summed E-state index contributed by atoms with van der Waals surface area (Å²) in [5, 5.41) is 2.94. The van der Waals surface area contributed by atoms with Crippen LogP contribution in [0.2, 0.25) is 0 Å². The van der Waals surface area contributed by atoms with Gasteiger partial charge in [0, 0.05) is 38.5 Å². The number of nitrogens with one attached hydrogen (secondary N) is 1. The Bertz CT molecular complexity index is 982. The van der Waals surface area contributed by atoms with Gasteiger partial charge in [0.25, 0.3) is 11.8 Å². The lowest BCUT2D eigenvalue weighted by atomic mass is 10.1. The third kappa shape index (κ3) is 4.88. The first-order valence-electron chi connectivity index (χ1n) is 10.6. The van der Waals surface area contributed by atoms with Crippen molar-refractivity contribution in [2.45, 2.75) is 25.1 Å². The number of amides is 2. The molecule has 4 rings (SSSR count). The van der Waals surface area contributed by atoms with E-state index in [9.17, 15) is 22.8 Å². The third-order valence-corrected chi connectivity index (χ3v) is 5.71. The maximum absolute atomic E-state index is 13.1. The van der Waals surface area contributed by atoms with Crippen LogP contribution in [0.25, 0.3) is 0 Å². The Morgan fingerprint density at radius 2 is 1.69 bits per heavy atom. The number of ether oxygens (including phenoxy) is 1. The number of anilines is 2. The maximum Gasteiger partial charge on any atom is 0.416 e. The summed E-state index contributed by atoms with van der Waals surface area (Å²) < 4.78 is 44.5. The number of alkyl halides is 3. The van der Waals surface area contributed by atoms with Crippen LogP contribution < -0.4 is 5.32 Å². The molecule has 2 fully saturated rings. The summed E-state index contributed by atoms with van der Waals surface area (Å²) in [6.07, 6.45) is -3.22. The summed E-state index contributed by atoms with van der Waals surface area (Å²) in [7, 11) is 0. The monoisotopic (exact) mass is 447 g/mol. The topological polar surface area (TPSA) is 61.9 Å². The minimum atomic E-state index is -4.45. The molecule has 0 saturated carbocycles. The first kappa shape index (κ1) is 22.1. The Morgan fingerprint density at radius 3 is 2.38 bits per heavy atom. The molecule has 2 amide bonds. The lowest BCUT2D eigenvalue weighted by molar-refractivity contribution is -0.142. The fourth-order valence-electron chi connectivity index (χ4n) is 3.98. The fourth-order valence-corrected chi connectivity index (χ4v) is 3.98. The second-order valence-electron chi connectivity index (χ2n) is 7.87. The molecule has 2 aliphatic rings. The van der Waals surface area contributed by atoms with Crippen LogP contribution >= 0.6 is 0 Å². The number of benzene rings is 2. The lowest BCUT2D eigenvalue weighted by Crippen LogP contribution is -2.52. The van der Waals surface area contributed by atoms with Crippen LogP contribution in [0.5, 0.6) is 0 Å². The van der Waals surface area contributed by atoms with Gasteiger partial charge < -0.3 is 19.9 Å². The van der Waals surface area contributed by atoms with E-state index in [1.807, 2.05) is 0 Å². The first-order chi connectivity index (χ1) is 15.3. The quantitative estimate of drug-likeness (QED) is 0.772. The average molecular weight is 447 g/mol. The highest BCUT2D eigenvalue weighted by molar-refractivity contribution is 6.00. The van der Waals surface area contributed by atoms with Gasteiger partial charge in [0.1, 0.15) is 6.10 Å². The van der Waals surface area contributed by atoms with Crippen LogP contribution in [0, 0.1) is 0 Å². The molecule has 2 aromatic rings. The summed E-state index contributed by atoms with van der Waals surface area (Å²) in [5.74, 6) is -0.259. The van der Waals surface area contributed by atoms with Gasteiger partial charge in [-0.25, -0.2) is 0 Å². The molecule has 0 aliphatic carbocycles. The van der Waals surface area contributed by atoms with Gasteiger partial charge in [-0.2, -0.15) is 13.2 Å². The molecule has 1 N–H and O–H groups in total. The molecule has 0 bridgehead atoms. The van der Waals surface area contributed by atoms with Crippen LogP contribution in [0.1, 0.15) is 28.8 Å². The number of carbonyl (C=O) groups excluding carboxylic acids is 2. The molecular formula is C23H24F3N3O3. The molecule has 0 radical (unpaired) electrons. The smallest absolute Gasteiger partial charge is 0.368 e. The van der Waals surface area contributed by atoms with Gasteiger partial charge >= 0.3 is 6.18 Å². The van der Waals surface area contributed by atoms with E-state index >= 15 is 0 Å². The van der Waals surface area contributed by atoms with Gasteiger partial charge in [-0.05, 0) is 43.2 Å². The van der Waals surface area contributed by atoms with E-state index in [1.165, 1.54) is 12.1 Å². The van der Waals surface area contributed by atoms with E-state index in [2.05, 4.69) is 5.32 Å². The number of rotatable bonds is 4. The van der Waals surface area contributed by atoms with E-state index in [-0.39, 0.29) is 23.6 Å². The molecule has 2 aliphatic heterocycles. The molecule has 170 valence electrons. The third-order valence-electron chi connectivity index (χ3n) is 5.71. The summed E-state index contributed by atoms with van der Waals surface area (Å²) >= 11 is 0. The van der Waals surface area contributed by atoms with E-state index in [4.69, 9.17) is 4.74 Å². The zero-order chi connectivity index (χ0) is 22.7. The Kier molecular flexibility index (Phi) is 6.36. The van der Waals surface area contributed by atoms with Crippen molar-refractivity contribution < 1.29 is 27.5 Å². The van der Waals surface area contributed by atoms with Gasteiger partial charge in [-0.1, -0.05) is 18.2 Å². The van der Waals surface area contributed by atoms with Crippen molar-refractivity contribution in [3.63, 3.8) is 0 Å². The minimum absolute atomic E-state index is 0.0267. The highest BCUT2D eigenvalue weighted by Crippen LogP contribution is 2.32. The van der Waals surface area contributed by atoms with Gasteiger partial charge in [-0.3, -0.25) is 9.59 Å². The van der Waals surface area contributed by atoms with Crippen LogP contribution in [0.3, 0.4) is 0 Å². The zero-order valence-corrected chi connectivity index (χ0v) is 17.4. The van der Waals surface area contributed by atoms with E-state index < -0.39 is 11.7 Å². The van der Waals surface area contributed by atoms with Gasteiger partial charge in [-0.15, -0.1) is 0 Å². The predicted octanol–water partition coefficient (Wildman–Crippen LogP) is 3.91. The van der Waals surface area contributed by atoms with Crippen LogP contribution in [-0.2, 0) is 15.7 Å². The van der Waals surface area contributed by atoms with Gasteiger partial charge in [0.05, 0.1) is 16.8 Å². The molecule has 6 nitrogen and oxygen atoms in total.